The second-order valence-electron chi connectivity index (χ2n) is 5.70. The topological polar surface area (TPSA) is 93.5 Å². The molecule has 0 radical (unpaired) electrons. The van der Waals surface area contributed by atoms with Gasteiger partial charge < -0.3 is 10.1 Å². The first-order valence-electron chi connectivity index (χ1n) is 8.02. The van der Waals surface area contributed by atoms with Crippen LogP contribution in [-0.4, -0.2) is 23.1 Å². The van der Waals surface area contributed by atoms with Gasteiger partial charge in [0.05, 0.1) is 22.1 Å². The summed E-state index contributed by atoms with van der Waals surface area (Å²) in [5, 5.41) is 18.0. The van der Waals surface area contributed by atoms with Gasteiger partial charge >= 0.3 is 0 Å². The highest BCUT2D eigenvalue weighted by Gasteiger charge is 2.19. The minimum Gasteiger partial charge on any atom is -0.495 e. The summed E-state index contributed by atoms with van der Waals surface area (Å²) < 4.78 is 6.08. The number of carbonyl (C=O) groups is 1. The molecule has 9 heteroatoms. The molecule has 0 saturated heterocycles. The van der Waals surface area contributed by atoms with Gasteiger partial charge in [-0.05, 0) is 57.1 Å². The van der Waals surface area contributed by atoms with E-state index in [-0.39, 0.29) is 10.8 Å². The number of carbonyl (C=O) groups excluding carboxylic acids is 1. The zero-order valence-electron chi connectivity index (χ0n) is 14.6. The Hall–Kier alpha value is -3.04. The Balaban J connectivity index is 1.80. The van der Waals surface area contributed by atoms with E-state index < -0.39 is 10.8 Å². The van der Waals surface area contributed by atoms with Crippen LogP contribution in [0, 0.1) is 10.1 Å². The lowest BCUT2D eigenvalue weighted by Crippen LogP contribution is -2.34. The van der Waals surface area contributed by atoms with Crippen LogP contribution in [0.4, 0.5) is 11.4 Å². The van der Waals surface area contributed by atoms with Gasteiger partial charge in [-0.2, -0.15) is 0 Å². The van der Waals surface area contributed by atoms with Crippen molar-refractivity contribution in [2.24, 2.45) is 0 Å². The summed E-state index contributed by atoms with van der Waals surface area (Å²) in [4.78, 5) is 22.9. The first-order valence-corrected chi connectivity index (χ1v) is 9.23. The number of hydrogen-bond donors (Lipinski definition) is 2. The maximum atomic E-state index is 12.7. The van der Waals surface area contributed by atoms with Crippen molar-refractivity contribution >= 4 is 61.3 Å². The largest absolute Gasteiger partial charge is 0.495 e. The molecule has 2 N–H and O–H groups in total. The Morgan fingerprint density at radius 3 is 2.50 bits per heavy atom. The third-order valence-electron chi connectivity index (χ3n) is 3.95. The Morgan fingerprint density at radius 2 is 1.86 bits per heavy atom. The molecule has 0 heterocycles. The van der Waals surface area contributed by atoms with Gasteiger partial charge in [0.2, 0.25) is 0 Å². The lowest BCUT2D eigenvalue weighted by Gasteiger charge is -2.14. The van der Waals surface area contributed by atoms with Gasteiger partial charge in [0, 0.05) is 17.8 Å². The Morgan fingerprint density at radius 1 is 1.18 bits per heavy atom. The van der Waals surface area contributed by atoms with E-state index >= 15 is 0 Å². The Kier molecular flexibility index (Phi) is 5.86. The SMILES string of the molecule is COc1c(C(=O)NC(=S)Nc2ccc([N+](=O)[O-])cc2)cc2ccccc2c1Br. The zero-order valence-corrected chi connectivity index (χ0v) is 17.0. The Labute approximate surface area is 174 Å². The van der Waals surface area contributed by atoms with E-state index in [0.717, 1.165) is 10.8 Å². The van der Waals surface area contributed by atoms with E-state index in [1.54, 1.807) is 6.07 Å². The summed E-state index contributed by atoms with van der Waals surface area (Å²) in [6.45, 7) is 0. The van der Waals surface area contributed by atoms with E-state index in [0.29, 0.717) is 21.5 Å². The quantitative estimate of drug-likeness (QED) is 0.335. The molecule has 142 valence electrons. The van der Waals surface area contributed by atoms with Crippen molar-refractivity contribution in [3.63, 3.8) is 0 Å². The molecule has 3 rings (SSSR count). The van der Waals surface area contributed by atoms with Crippen molar-refractivity contribution in [2.45, 2.75) is 0 Å². The fourth-order valence-corrected chi connectivity index (χ4v) is 3.60. The van der Waals surface area contributed by atoms with Crippen molar-refractivity contribution < 1.29 is 14.5 Å². The smallest absolute Gasteiger partial charge is 0.269 e. The number of benzene rings is 3. The van der Waals surface area contributed by atoms with Crippen molar-refractivity contribution in [1.82, 2.24) is 5.32 Å². The van der Waals surface area contributed by atoms with Crippen LogP contribution in [0.2, 0.25) is 0 Å². The van der Waals surface area contributed by atoms with Crippen molar-refractivity contribution in [1.29, 1.82) is 0 Å². The number of halogens is 1. The van der Waals surface area contributed by atoms with Crippen LogP contribution in [0.25, 0.3) is 10.8 Å². The number of rotatable bonds is 4. The van der Waals surface area contributed by atoms with E-state index in [1.807, 2.05) is 24.3 Å². The second-order valence-corrected chi connectivity index (χ2v) is 6.91. The van der Waals surface area contributed by atoms with Crippen LogP contribution in [-0.2, 0) is 0 Å². The molecule has 0 aliphatic rings. The zero-order chi connectivity index (χ0) is 20.3. The molecule has 3 aromatic rings. The molecule has 1 amide bonds. The van der Waals surface area contributed by atoms with Crippen LogP contribution >= 0.6 is 28.1 Å². The van der Waals surface area contributed by atoms with Crippen LogP contribution in [0.5, 0.6) is 5.75 Å². The predicted octanol–water partition coefficient (Wildman–Crippen LogP) is 4.65. The van der Waals surface area contributed by atoms with E-state index in [1.165, 1.54) is 31.4 Å². The average molecular weight is 460 g/mol. The minimum atomic E-state index is -0.492. The van der Waals surface area contributed by atoms with E-state index in [2.05, 4.69) is 26.6 Å². The molecule has 28 heavy (non-hydrogen) atoms. The standard InChI is InChI=1S/C19H14BrN3O4S/c1-27-17-15(10-11-4-2-3-5-14(11)16(17)20)18(24)22-19(28)21-12-6-8-13(9-7-12)23(25)26/h2-10H,1H3,(H2,21,22,24,28). The van der Waals surface area contributed by atoms with Gasteiger partial charge in [0.25, 0.3) is 11.6 Å². The number of ether oxygens (including phenoxy) is 1. The minimum absolute atomic E-state index is 0.0359. The lowest BCUT2D eigenvalue weighted by atomic mass is 10.1. The molecule has 0 saturated carbocycles. The number of amides is 1. The van der Waals surface area contributed by atoms with Gasteiger partial charge in [-0.3, -0.25) is 20.2 Å². The second kappa shape index (κ2) is 8.32. The molecule has 0 spiro atoms. The number of nitrogens with one attached hydrogen (secondary N) is 2. The maximum absolute atomic E-state index is 12.7. The third-order valence-corrected chi connectivity index (χ3v) is 4.94. The molecule has 0 aliphatic heterocycles. The monoisotopic (exact) mass is 459 g/mol. The summed E-state index contributed by atoms with van der Waals surface area (Å²) in [6, 6.07) is 15.0. The highest BCUT2D eigenvalue weighted by atomic mass is 79.9. The molecule has 0 aliphatic carbocycles. The highest BCUT2D eigenvalue weighted by molar-refractivity contribution is 9.10. The number of thiocarbonyl (C=S) groups is 1. The normalized spacial score (nSPS) is 10.4. The molecule has 0 atom stereocenters. The van der Waals surface area contributed by atoms with Crippen LogP contribution in [0.15, 0.2) is 59.1 Å². The first kappa shape index (κ1) is 19.7. The molecule has 7 nitrogen and oxygen atoms in total. The predicted molar refractivity (Wildman–Crippen MR) is 115 cm³/mol. The molecule has 0 unspecified atom stereocenters. The van der Waals surface area contributed by atoms with Crippen molar-refractivity contribution in [3.05, 3.63) is 74.7 Å². The van der Waals surface area contributed by atoms with Gasteiger partial charge in [0.15, 0.2) is 5.11 Å². The van der Waals surface area contributed by atoms with Gasteiger partial charge in [0.1, 0.15) is 5.75 Å². The molecule has 0 aromatic heterocycles. The van der Waals surface area contributed by atoms with Gasteiger partial charge in [-0.15, -0.1) is 0 Å². The third kappa shape index (κ3) is 4.10. The number of anilines is 1. The average Bonchev–Trinajstić information content (AvgIpc) is 2.68. The molecule has 0 bridgehead atoms. The number of nitrogens with zero attached hydrogens (tertiary/aromatic N) is 1. The lowest BCUT2D eigenvalue weighted by molar-refractivity contribution is -0.384. The molecular weight excluding hydrogens is 446 g/mol. The number of hydrogen-bond acceptors (Lipinski definition) is 5. The van der Waals surface area contributed by atoms with Crippen LogP contribution in [0.1, 0.15) is 10.4 Å². The molecule has 3 aromatic carbocycles. The molecular formula is C19H14BrN3O4S. The van der Waals surface area contributed by atoms with Crippen molar-refractivity contribution in [3.8, 4) is 5.75 Å². The maximum Gasteiger partial charge on any atom is 0.269 e. The first-order chi connectivity index (χ1) is 13.4. The number of methoxy groups -OCH3 is 1. The Bertz CT molecular complexity index is 1090. The highest BCUT2D eigenvalue weighted by Crippen LogP contribution is 2.36. The number of non-ortho nitro benzene ring substituents is 1. The van der Waals surface area contributed by atoms with Gasteiger partial charge in [-0.1, -0.05) is 24.3 Å². The summed E-state index contributed by atoms with van der Waals surface area (Å²) >= 11 is 8.67. The molecule has 0 fully saturated rings. The summed E-state index contributed by atoms with van der Waals surface area (Å²) in [5.41, 5.74) is 0.801. The van der Waals surface area contributed by atoms with Crippen LogP contribution in [0.3, 0.4) is 0 Å². The van der Waals surface area contributed by atoms with Crippen LogP contribution < -0.4 is 15.4 Å². The van der Waals surface area contributed by atoms with Gasteiger partial charge in [-0.25, -0.2) is 0 Å². The van der Waals surface area contributed by atoms with E-state index in [9.17, 15) is 14.9 Å². The van der Waals surface area contributed by atoms with E-state index in [4.69, 9.17) is 17.0 Å². The fraction of sp³-hybridized carbons (Fsp3) is 0.0526. The van der Waals surface area contributed by atoms with Crippen molar-refractivity contribution in [2.75, 3.05) is 12.4 Å². The summed E-state index contributed by atoms with van der Waals surface area (Å²) in [6.07, 6.45) is 0. The summed E-state index contributed by atoms with van der Waals surface area (Å²) in [5.74, 6) is -0.0444. The fourth-order valence-electron chi connectivity index (χ4n) is 2.65. The number of fused-ring (bicyclic) bond motifs is 1. The summed E-state index contributed by atoms with van der Waals surface area (Å²) in [7, 11) is 1.49. The number of nitro groups is 1. The number of nitro benzene ring substituents is 1.